The summed E-state index contributed by atoms with van der Waals surface area (Å²) < 4.78 is 10.9. The molecular formula is C9H12N2O2. The summed E-state index contributed by atoms with van der Waals surface area (Å²) >= 11 is 0. The standard InChI is InChI=1S/C9H12N2O2/c1-2-8(6-12-5-1)13-9-3-4-10-7-11-9/h3-4,7-8H,1-2,5-6H2. The van der Waals surface area contributed by atoms with E-state index in [9.17, 15) is 0 Å². The number of hydrogen-bond donors (Lipinski definition) is 0. The normalized spacial score (nSPS) is 22.6. The minimum absolute atomic E-state index is 0.156. The fourth-order valence-electron chi connectivity index (χ4n) is 1.32. The molecule has 2 heterocycles. The molecule has 13 heavy (non-hydrogen) atoms. The third-order valence-electron chi connectivity index (χ3n) is 1.96. The van der Waals surface area contributed by atoms with Crippen LogP contribution in [0.15, 0.2) is 18.6 Å². The summed E-state index contributed by atoms with van der Waals surface area (Å²) in [7, 11) is 0. The van der Waals surface area contributed by atoms with Crippen LogP contribution in [-0.2, 0) is 4.74 Å². The van der Waals surface area contributed by atoms with Gasteiger partial charge in [-0.2, -0.15) is 0 Å². The van der Waals surface area contributed by atoms with Crippen LogP contribution in [-0.4, -0.2) is 29.3 Å². The van der Waals surface area contributed by atoms with Crippen molar-refractivity contribution in [2.24, 2.45) is 0 Å². The van der Waals surface area contributed by atoms with Crippen molar-refractivity contribution >= 4 is 0 Å². The fraction of sp³-hybridized carbons (Fsp3) is 0.556. The largest absolute Gasteiger partial charge is 0.472 e. The molecule has 0 spiro atoms. The van der Waals surface area contributed by atoms with Crippen molar-refractivity contribution in [2.75, 3.05) is 13.2 Å². The first-order valence-electron chi connectivity index (χ1n) is 4.45. The Hall–Kier alpha value is -1.16. The van der Waals surface area contributed by atoms with Gasteiger partial charge in [0.1, 0.15) is 12.4 Å². The lowest BCUT2D eigenvalue weighted by Crippen LogP contribution is -2.28. The van der Waals surface area contributed by atoms with Gasteiger partial charge in [0.15, 0.2) is 0 Å². The predicted octanol–water partition coefficient (Wildman–Crippen LogP) is 1.03. The van der Waals surface area contributed by atoms with E-state index in [1.807, 2.05) is 0 Å². The summed E-state index contributed by atoms with van der Waals surface area (Å²) in [4.78, 5) is 7.80. The van der Waals surface area contributed by atoms with Gasteiger partial charge in [-0.3, -0.25) is 0 Å². The Morgan fingerprint density at radius 2 is 2.54 bits per heavy atom. The van der Waals surface area contributed by atoms with Crippen molar-refractivity contribution in [2.45, 2.75) is 18.9 Å². The van der Waals surface area contributed by atoms with Crippen LogP contribution in [0.5, 0.6) is 5.88 Å². The zero-order chi connectivity index (χ0) is 8.93. The quantitative estimate of drug-likeness (QED) is 0.682. The smallest absolute Gasteiger partial charge is 0.216 e. The fourth-order valence-corrected chi connectivity index (χ4v) is 1.32. The molecule has 1 saturated heterocycles. The summed E-state index contributed by atoms with van der Waals surface area (Å²) in [5.74, 6) is 0.630. The predicted molar refractivity (Wildman–Crippen MR) is 46.5 cm³/mol. The van der Waals surface area contributed by atoms with Gasteiger partial charge in [0.05, 0.1) is 6.61 Å². The van der Waals surface area contributed by atoms with E-state index in [-0.39, 0.29) is 6.10 Å². The van der Waals surface area contributed by atoms with E-state index < -0.39 is 0 Å². The summed E-state index contributed by atoms with van der Waals surface area (Å²) in [5, 5.41) is 0. The summed E-state index contributed by atoms with van der Waals surface area (Å²) in [6, 6.07) is 1.76. The molecule has 4 nitrogen and oxygen atoms in total. The van der Waals surface area contributed by atoms with Gasteiger partial charge in [0.2, 0.25) is 5.88 Å². The highest BCUT2D eigenvalue weighted by atomic mass is 16.5. The topological polar surface area (TPSA) is 44.2 Å². The van der Waals surface area contributed by atoms with E-state index in [0.29, 0.717) is 12.5 Å². The van der Waals surface area contributed by atoms with Gasteiger partial charge in [-0.25, -0.2) is 9.97 Å². The minimum Gasteiger partial charge on any atom is -0.472 e. The number of ether oxygens (including phenoxy) is 2. The Morgan fingerprint density at radius 1 is 1.54 bits per heavy atom. The lowest BCUT2D eigenvalue weighted by molar-refractivity contribution is 0.00544. The second kappa shape index (κ2) is 4.18. The first-order chi connectivity index (χ1) is 6.45. The Kier molecular flexibility index (Phi) is 2.72. The van der Waals surface area contributed by atoms with E-state index in [2.05, 4.69) is 9.97 Å². The molecule has 1 aliphatic rings. The van der Waals surface area contributed by atoms with Crippen LogP contribution >= 0.6 is 0 Å². The highest BCUT2D eigenvalue weighted by molar-refractivity contribution is 5.05. The Bertz CT molecular complexity index is 247. The molecule has 1 aliphatic heterocycles. The molecule has 1 fully saturated rings. The molecule has 0 bridgehead atoms. The van der Waals surface area contributed by atoms with Crippen molar-refractivity contribution in [3.8, 4) is 5.88 Å². The third-order valence-corrected chi connectivity index (χ3v) is 1.96. The molecule has 2 rings (SSSR count). The summed E-state index contributed by atoms with van der Waals surface area (Å²) in [6.45, 7) is 1.52. The molecule has 70 valence electrons. The molecule has 1 atom stereocenters. The lowest BCUT2D eigenvalue weighted by Gasteiger charge is -2.22. The van der Waals surface area contributed by atoms with E-state index in [1.165, 1.54) is 6.33 Å². The van der Waals surface area contributed by atoms with Crippen molar-refractivity contribution in [3.05, 3.63) is 18.6 Å². The second-order valence-corrected chi connectivity index (χ2v) is 3.00. The van der Waals surface area contributed by atoms with Crippen LogP contribution in [0.2, 0.25) is 0 Å². The zero-order valence-corrected chi connectivity index (χ0v) is 7.35. The van der Waals surface area contributed by atoms with E-state index in [0.717, 1.165) is 19.4 Å². The highest BCUT2D eigenvalue weighted by Gasteiger charge is 2.15. The van der Waals surface area contributed by atoms with Gasteiger partial charge in [-0.05, 0) is 12.8 Å². The number of aromatic nitrogens is 2. The van der Waals surface area contributed by atoms with Crippen molar-refractivity contribution in [1.82, 2.24) is 9.97 Å². The average molecular weight is 180 g/mol. The minimum atomic E-state index is 0.156. The number of hydrogen-bond acceptors (Lipinski definition) is 4. The van der Waals surface area contributed by atoms with Gasteiger partial charge >= 0.3 is 0 Å². The Morgan fingerprint density at radius 3 is 3.23 bits per heavy atom. The molecule has 1 aromatic rings. The zero-order valence-electron chi connectivity index (χ0n) is 7.35. The molecule has 0 aromatic carbocycles. The molecule has 1 unspecified atom stereocenters. The van der Waals surface area contributed by atoms with Crippen molar-refractivity contribution in [3.63, 3.8) is 0 Å². The molecular weight excluding hydrogens is 168 g/mol. The van der Waals surface area contributed by atoms with Crippen LogP contribution in [0.4, 0.5) is 0 Å². The summed E-state index contributed by atoms with van der Waals surface area (Å²) in [5.41, 5.74) is 0. The van der Waals surface area contributed by atoms with Crippen molar-refractivity contribution < 1.29 is 9.47 Å². The maximum atomic E-state index is 5.58. The molecule has 0 N–H and O–H groups in total. The number of rotatable bonds is 2. The number of nitrogens with zero attached hydrogens (tertiary/aromatic N) is 2. The van der Waals surface area contributed by atoms with Gasteiger partial charge in [0.25, 0.3) is 0 Å². The van der Waals surface area contributed by atoms with E-state index in [1.54, 1.807) is 12.3 Å². The lowest BCUT2D eigenvalue weighted by atomic mass is 10.2. The molecule has 0 aliphatic carbocycles. The first kappa shape index (κ1) is 8.44. The third kappa shape index (κ3) is 2.39. The van der Waals surface area contributed by atoms with Crippen LogP contribution < -0.4 is 4.74 Å². The van der Waals surface area contributed by atoms with Crippen LogP contribution in [0.3, 0.4) is 0 Å². The maximum absolute atomic E-state index is 5.58. The molecule has 0 saturated carbocycles. The van der Waals surface area contributed by atoms with Gasteiger partial charge in [-0.15, -0.1) is 0 Å². The van der Waals surface area contributed by atoms with Crippen LogP contribution in [0.1, 0.15) is 12.8 Å². The van der Waals surface area contributed by atoms with Crippen molar-refractivity contribution in [1.29, 1.82) is 0 Å². The SMILES string of the molecule is c1cc(OC2CCCOC2)ncn1. The Balaban J connectivity index is 1.90. The Labute approximate surface area is 76.9 Å². The first-order valence-corrected chi connectivity index (χ1v) is 4.45. The maximum Gasteiger partial charge on any atom is 0.216 e. The van der Waals surface area contributed by atoms with E-state index in [4.69, 9.17) is 9.47 Å². The average Bonchev–Trinajstić information content (AvgIpc) is 2.21. The summed E-state index contributed by atoms with van der Waals surface area (Å²) in [6.07, 6.45) is 5.42. The van der Waals surface area contributed by atoms with Gasteiger partial charge in [-0.1, -0.05) is 0 Å². The van der Waals surface area contributed by atoms with Crippen LogP contribution in [0.25, 0.3) is 0 Å². The van der Waals surface area contributed by atoms with E-state index >= 15 is 0 Å². The second-order valence-electron chi connectivity index (χ2n) is 3.00. The van der Waals surface area contributed by atoms with Gasteiger partial charge in [0, 0.05) is 18.9 Å². The van der Waals surface area contributed by atoms with Gasteiger partial charge < -0.3 is 9.47 Å². The molecule has 0 radical (unpaired) electrons. The molecule has 1 aromatic heterocycles. The molecule has 4 heteroatoms. The van der Waals surface area contributed by atoms with Crippen LogP contribution in [0, 0.1) is 0 Å². The molecule has 0 amide bonds. The monoisotopic (exact) mass is 180 g/mol. The highest BCUT2D eigenvalue weighted by Crippen LogP contribution is 2.13.